The van der Waals surface area contributed by atoms with Crippen LogP contribution >= 0.6 is 0 Å². The maximum atomic E-state index is 4.69. The number of hydrogen-bond acceptors (Lipinski definition) is 1. The first kappa shape index (κ1) is 4.76. The minimum absolute atomic E-state index is 0.774. The molecule has 30 valence electrons. The van der Waals surface area contributed by atoms with E-state index >= 15 is 0 Å². The van der Waals surface area contributed by atoms with Crippen molar-refractivity contribution in [3.63, 3.8) is 0 Å². The number of rotatable bonds is 1. The highest BCUT2D eigenvalue weighted by atomic mass is 28.2. The van der Waals surface area contributed by atoms with Crippen molar-refractivity contribution in [2.45, 2.75) is 6.92 Å². The lowest BCUT2D eigenvalue weighted by Crippen LogP contribution is -1.73. The standard InChI is InChI=1S/C3H8OSi/c1-3(2)4-5/h1H2,2,5H3. The maximum absolute atomic E-state index is 4.69. The van der Waals surface area contributed by atoms with Crippen LogP contribution in [-0.4, -0.2) is 10.5 Å². The van der Waals surface area contributed by atoms with E-state index in [9.17, 15) is 0 Å². The summed E-state index contributed by atoms with van der Waals surface area (Å²) in [6.07, 6.45) is 0. The smallest absolute Gasteiger partial charge is 0.203 e. The number of allylic oxidation sites excluding steroid dienone is 1. The molecule has 1 nitrogen and oxygen atoms in total. The average Bonchev–Trinajstić information content (AvgIpc) is 1.38. The molecule has 2 heteroatoms. The van der Waals surface area contributed by atoms with E-state index in [0.29, 0.717) is 0 Å². The van der Waals surface area contributed by atoms with Gasteiger partial charge in [-0.3, -0.25) is 0 Å². The molecule has 0 N–H and O–H groups in total. The normalized spacial score (nSPS) is 7.40. The SMILES string of the molecule is C=C(C)O[SiH3]. The molecule has 0 rings (SSSR count). The van der Waals surface area contributed by atoms with Crippen LogP contribution in [-0.2, 0) is 4.43 Å². The summed E-state index contributed by atoms with van der Waals surface area (Å²) >= 11 is 0. The highest BCUT2D eigenvalue weighted by molar-refractivity contribution is 5.98. The molecule has 0 aromatic carbocycles. The lowest BCUT2D eigenvalue weighted by molar-refractivity contribution is 0.476. The molecule has 0 heterocycles. The molecule has 0 bridgehead atoms. The topological polar surface area (TPSA) is 9.23 Å². The van der Waals surface area contributed by atoms with Crippen molar-refractivity contribution in [2.24, 2.45) is 0 Å². The van der Waals surface area contributed by atoms with Crippen LogP contribution in [0.3, 0.4) is 0 Å². The largest absolute Gasteiger partial charge is 0.557 e. The van der Waals surface area contributed by atoms with E-state index in [4.69, 9.17) is 4.43 Å². The monoisotopic (exact) mass is 88.0 g/mol. The van der Waals surface area contributed by atoms with E-state index in [0.717, 1.165) is 16.2 Å². The van der Waals surface area contributed by atoms with Gasteiger partial charge in [0.2, 0.25) is 10.5 Å². The third kappa shape index (κ3) is 3.76. The molecular weight excluding hydrogens is 80.1 g/mol. The Kier molecular flexibility index (Phi) is 1.92. The Morgan fingerprint density at radius 3 is 2.20 bits per heavy atom. The van der Waals surface area contributed by atoms with Gasteiger partial charge in [-0.2, -0.15) is 0 Å². The molecule has 5 heavy (non-hydrogen) atoms. The summed E-state index contributed by atoms with van der Waals surface area (Å²) in [5, 5.41) is 0. The van der Waals surface area contributed by atoms with Crippen molar-refractivity contribution in [3.05, 3.63) is 12.3 Å². The van der Waals surface area contributed by atoms with Gasteiger partial charge in [0, 0.05) is 0 Å². The Labute approximate surface area is 35.2 Å². The Morgan fingerprint density at radius 1 is 2.00 bits per heavy atom. The molecule has 0 aliphatic carbocycles. The highest BCUT2D eigenvalue weighted by Crippen LogP contribution is 1.79. The molecule has 0 radical (unpaired) electrons. The van der Waals surface area contributed by atoms with Crippen molar-refractivity contribution >= 4 is 10.5 Å². The Hall–Kier alpha value is -0.243. The first-order chi connectivity index (χ1) is 2.27. The minimum atomic E-state index is 0.774. The summed E-state index contributed by atoms with van der Waals surface area (Å²) in [6, 6.07) is 0. The van der Waals surface area contributed by atoms with Gasteiger partial charge in [0.15, 0.2) is 0 Å². The van der Waals surface area contributed by atoms with Crippen molar-refractivity contribution < 1.29 is 4.43 Å². The fourth-order valence-electron chi connectivity index (χ4n) is 0. The predicted octanol–water partition coefficient (Wildman–Crippen LogP) is -0.183. The minimum Gasteiger partial charge on any atom is -0.557 e. The van der Waals surface area contributed by atoms with Crippen molar-refractivity contribution in [2.75, 3.05) is 0 Å². The van der Waals surface area contributed by atoms with Crippen molar-refractivity contribution in [3.8, 4) is 0 Å². The zero-order valence-electron chi connectivity index (χ0n) is 3.62. The molecule has 0 aromatic heterocycles. The molecule has 0 aliphatic heterocycles. The van der Waals surface area contributed by atoms with Crippen LogP contribution in [0.2, 0.25) is 0 Å². The van der Waals surface area contributed by atoms with Gasteiger partial charge in [-0.1, -0.05) is 6.58 Å². The van der Waals surface area contributed by atoms with Gasteiger partial charge in [0.25, 0.3) is 0 Å². The van der Waals surface area contributed by atoms with Gasteiger partial charge in [-0.25, -0.2) is 0 Å². The molecule has 0 saturated heterocycles. The molecule has 0 aliphatic rings. The van der Waals surface area contributed by atoms with E-state index in [-0.39, 0.29) is 0 Å². The first-order valence-corrected chi connectivity index (χ1v) is 2.28. The van der Waals surface area contributed by atoms with Crippen molar-refractivity contribution in [1.82, 2.24) is 0 Å². The van der Waals surface area contributed by atoms with Crippen LogP contribution in [0.5, 0.6) is 0 Å². The fourth-order valence-corrected chi connectivity index (χ4v) is 0. The van der Waals surface area contributed by atoms with Crippen LogP contribution < -0.4 is 0 Å². The molecule has 0 spiro atoms. The fraction of sp³-hybridized carbons (Fsp3) is 0.333. The third-order valence-corrected chi connectivity index (χ3v) is 1.05. The zero-order valence-corrected chi connectivity index (χ0v) is 5.62. The zero-order chi connectivity index (χ0) is 4.28. The van der Waals surface area contributed by atoms with Crippen LogP contribution in [0.15, 0.2) is 12.3 Å². The molecule has 0 saturated carbocycles. The van der Waals surface area contributed by atoms with E-state index < -0.39 is 0 Å². The lowest BCUT2D eigenvalue weighted by Gasteiger charge is -1.89. The van der Waals surface area contributed by atoms with Gasteiger partial charge in [0.1, 0.15) is 0 Å². The second-order valence-electron chi connectivity index (χ2n) is 0.906. The Bertz CT molecular complexity index is 42.2. The van der Waals surface area contributed by atoms with Gasteiger partial charge in [0.05, 0.1) is 5.76 Å². The summed E-state index contributed by atoms with van der Waals surface area (Å²) in [5.41, 5.74) is 0. The maximum Gasteiger partial charge on any atom is 0.203 e. The number of hydrogen-bond donors (Lipinski definition) is 0. The molecule has 0 atom stereocenters. The Morgan fingerprint density at radius 2 is 2.20 bits per heavy atom. The summed E-state index contributed by atoms with van der Waals surface area (Å²) in [4.78, 5) is 0. The Balaban J connectivity index is 2.85. The van der Waals surface area contributed by atoms with Crippen molar-refractivity contribution in [1.29, 1.82) is 0 Å². The quantitative estimate of drug-likeness (QED) is 0.319. The van der Waals surface area contributed by atoms with E-state index in [1.165, 1.54) is 0 Å². The summed E-state index contributed by atoms with van der Waals surface area (Å²) < 4.78 is 4.69. The predicted molar refractivity (Wildman–Crippen MR) is 25.8 cm³/mol. The van der Waals surface area contributed by atoms with E-state index in [1.54, 1.807) is 0 Å². The average molecular weight is 88.2 g/mol. The van der Waals surface area contributed by atoms with E-state index in [2.05, 4.69) is 6.58 Å². The second-order valence-corrected chi connectivity index (χ2v) is 1.31. The van der Waals surface area contributed by atoms with Gasteiger partial charge in [-0.15, -0.1) is 0 Å². The van der Waals surface area contributed by atoms with Crippen LogP contribution in [0, 0.1) is 0 Å². The lowest BCUT2D eigenvalue weighted by atomic mass is 10.7. The summed E-state index contributed by atoms with van der Waals surface area (Å²) in [5.74, 6) is 0.816. The molecule has 0 amide bonds. The third-order valence-electron chi connectivity index (χ3n) is 0.348. The molecule has 0 unspecified atom stereocenters. The summed E-state index contributed by atoms with van der Waals surface area (Å²) in [7, 11) is 0.774. The first-order valence-electron chi connectivity index (χ1n) is 1.47. The molecule has 0 fully saturated rings. The van der Waals surface area contributed by atoms with Crippen LogP contribution in [0.4, 0.5) is 0 Å². The van der Waals surface area contributed by atoms with Gasteiger partial charge >= 0.3 is 0 Å². The van der Waals surface area contributed by atoms with Gasteiger partial charge < -0.3 is 4.43 Å². The highest BCUT2D eigenvalue weighted by Gasteiger charge is 1.64. The molecule has 0 aromatic rings. The summed E-state index contributed by atoms with van der Waals surface area (Å²) in [6.45, 7) is 5.33. The van der Waals surface area contributed by atoms with Gasteiger partial charge in [-0.05, 0) is 6.92 Å². The van der Waals surface area contributed by atoms with E-state index in [1.807, 2.05) is 6.92 Å². The second kappa shape index (κ2) is 2.02. The van der Waals surface area contributed by atoms with Crippen LogP contribution in [0.1, 0.15) is 6.92 Å². The molecular formula is C3H8OSi. The van der Waals surface area contributed by atoms with Crippen LogP contribution in [0.25, 0.3) is 0 Å².